The molecule has 0 saturated carbocycles. The molecule has 0 unspecified atom stereocenters. The quantitative estimate of drug-likeness (QED) is 0.805. The maximum absolute atomic E-state index is 11.6. The first-order chi connectivity index (χ1) is 6.43. The zero-order chi connectivity index (χ0) is 10.8. The highest BCUT2D eigenvalue weighted by atomic mass is 35.5. The number of nitrogens with one attached hydrogen (secondary N) is 1. The summed E-state index contributed by atoms with van der Waals surface area (Å²) in [6, 6.07) is 2.78. The molecule has 6 heteroatoms. The largest absolute Gasteiger partial charge is 0.243 e. The number of pyridine rings is 1. The fourth-order valence-electron chi connectivity index (χ4n) is 0.946. The van der Waals surface area contributed by atoms with Crippen molar-refractivity contribution < 1.29 is 8.42 Å². The molecule has 0 bridgehead atoms. The van der Waals surface area contributed by atoms with Crippen molar-refractivity contribution in [2.45, 2.75) is 24.8 Å². The van der Waals surface area contributed by atoms with E-state index in [-0.39, 0.29) is 16.1 Å². The maximum atomic E-state index is 11.6. The van der Waals surface area contributed by atoms with Crippen molar-refractivity contribution in [1.29, 1.82) is 0 Å². The van der Waals surface area contributed by atoms with Gasteiger partial charge in [0, 0.05) is 12.2 Å². The van der Waals surface area contributed by atoms with Gasteiger partial charge in [-0.05, 0) is 26.0 Å². The first kappa shape index (κ1) is 11.4. The summed E-state index contributed by atoms with van der Waals surface area (Å²) in [7, 11) is -3.53. The van der Waals surface area contributed by atoms with Crippen molar-refractivity contribution in [3.8, 4) is 0 Å². The molecular weight excluding hydrogens is 224 g/mol. The van der Waals surface area contributed by atoms with Crippen LogP contribution in [0.25, 0.3) is 0 Å². The average Bonchev–Trinajstić information content (AvgIpc) is 2.02. The molecule has 0 aliphatic carbocycles. The third-order valence-electron chi connectivity index (χ3n) is 1.41. The lowest BCUT2D eigenvalue weighted by Crippen LogP contribution is -2.30. The first-order valence-electron chi connectivity index (χ1n) is 4.06. The van der Waals surface area contributed by atoms with E-state index in [1.54, 1.807) is 13.8 Å². The lowest BCUT2D eigenvalue weighted by Gasteiger charge is -2.09. The molecule has 0 aromatic carbocycles. The zero-order valence-electron chi connectivity index (χ0n) is 7.86. The lowest BCUT2D eigenvalue weighted by atomic mass is 10.4. The highest BCUT2D eigenvalue weighted by Crippen LogP contribution is 2.17. The normalized spacial score (nSPS) is 12.0. The van der Waals surface area contributed by atoms with Gasteiger partial charge in [0.05, 0.1) is 0 Å². The standard InChI is InChI=1S/C8H11ClN2O2S/c1-6(2)11-14(12,13)7-4-3-5-10-8(7)9/h3-6,11H,1-2H3. The van der Waals surface area contributed by atoms with Crippen LogP contribution >= 0.6 is 11.6 Å². The van der Waals surface area contributed by atoms with E-state index in [1.807, 2.05) is 0 Å². The third-order valence-corrected chi connectivity index (χ3v) is 3.51. The van der Waals surface area contributed by atoms with E-state index < -0.39 is 10.0 Å². The van der Waals surface area contributed by atoms with Crippen molar-refractivity contribution in [2.75, 3.05) is 0 Å². The summed E-state index contributed by atoms with van der Waals surface area (Å²) >= 11 is 5.66. The van der Waals surface area contributed by atoms with Gasteiger partial charge >= 0.3 is 0 Å². The van der Waals surface area contributed by atoms with Gasteiger partial charge in [-0.2, -0.15) is 0 Å². The van der Waals surface area contributed by atoms with E-state index in [0.29, 0.717) is 0 Å². The fraction of sp³-hybridized carbons (Fsp3) is 0.375. The fourth-order valence-corrected chi connectivity index (χ4v) is 2.65. The lowest BCUT2D eigenvalue weighted by molar-refractivity contribution is 0.569. The number of hydrogen-bond donors (Lipinski definition) is 1. The van der Waals surface area contributed by atoms with Gasteiger partial charge in [0.15, 0.2) is 0 Å². The number of nitrogens with zero attached hydrogens (tertiary/aromatic N) is 1. The van der Waals surface area contributed by atoms with Crippen LogP contribution in [0.1, 0.15) is 13.8 Å². The van der Waals surface area contributed by atoms with Crippen LogP contribution in [0, 0.1) is 0 Å². The Morgan fingerprint density at radius 1 is 1.50 bits per heavy atom. The Morgan fingerprint density at radius 2 is 2.14 bits per heavy atom. The van der Waals surface area contributed by atoms with Gasteiger partial charge in [0.1, 0.15) is 10.0 Å². The summed E-state index contributed by atoms with van der Waals surface area (Å²) in [5.74, 6) is 0. The molecule has 0 fully saturated rings. The molecule has 1 N–H and O–H groups in total. The minimum atomic E-state index is -3.53. The Labute approximate surface area is 88.4 Å². The molecule has 78 valence electrons. The summed E-state index contributed by atoms with van der Waals surface area (Å²) in [6.45, 7) is 3.48. The Kier molecular flexibility index (Phi) is 3.47. The van der Waals surface area contributed by atoms with E-state index in [0.717, 1.165) is 0 Å². The first-order valence-corrected chi connectivity index (χ1v) is 5.92. The van der Waals surface area contributed by atoms with Crippen molar-refractivity contribution in [2.24, 2.45) is 0 Å². The Morgan fingerprint density at radius 3 is 2.64 bits per heavy atom. The molecular formula is C8H11ClN2O2S. The second kappa shape index (κ2) is 4.25. The van der Waals surface area contributed by atoms with Crippen LogP contribution in [0.5, 0.6) is 0 Å². The van der Waals surface area contributed by atoms with E-state index in [4.69, 9.17) is 11.6 Å². The molecule has 1 aromatic heterocycles. The van der Waals surface area contributed by atoms with Crippen LogP contribution in [0.15, 0.2) is 23.2 Å². The van der Waals surface area contributed by atoms with Crippen LogP contribution in [-0.2, 0) is 10.0 Å². The molecule has 0 aliphatic heterocycles. The molecule has 4 nitrogen and oxygen atoms in total. The van der Waals surface area contributed by atoms with E-state index in [2.05, 4.69) is 9.71 Å². The molecule has 0 amide bonds. The van der Waals surface area contributed by atoms with Crippen molar-refractivity contribution >= 4 is 21.6 Å². The van der Waals surface area contributed by atoms with Gasteiger partial charge < -0.3 is 0 Å². The zero-order valence-corrected chi connectivity index (χ0v) is 9.43. The molecule has 0 atom stereocenters. The van der Waals surface area contributed by atoms with Crippen LogP contribution in [0.2, 0.25) is 5.15 Å². The van der Waals surface area contributed by atoms with E-state index in [9.17, 15) is 8.42 Å². The smallest absolute Gasteiger partial charge is 0.243 e. The predicted octanol–water partition coefficient (Wildman–Crippen LogP) is 1.42. The predicted molar refractivity (Wildman–Crippen MR) is 54.7 cm³/mol. The Balaban J connectivity index is 3.11. The minimum absolute atomic E-state index is 0.00960. The van der Waals surface area contributed by atoms with Gasteiger partial charge in [0.25, 0.3) is 0 Å². The monoisotopic (exact) mass is 234 g/mol. The molecule has 0 radical (unpaired) electrons. The highest BCUT2D eigenvalue weighted by molar-refractivity contribution is 7.89. The van der Waals surface area contributed by atoms with Gasteiger partial charge in [-0.3, -0.25) is 0 Å². The molecule has 14 heavy (non-hydrogen) atoms. The maximum Gasteiger partial charge on any atom is 0.243 e. The van der Waals surface area contributed by atoms with Crippen LogP contribution in [0.4, 0.5) is 0 Å². The second-order valence-electron chi connectivity index (χ2n) is 3.07. The highest BCUT2D eigenvalue weighted by Gasteiger charge is 2.18. The minimum Gasteiger partial charge on any atom is -0.243 e. The second-order valence-corrected chi connectivity index (χ2v) is 5.11. The van der Waals surface area contributed by atoms with Crippen LogP contribution < -0.4 is 4.72 Å². The number of aromatic nitrogens is 1. The number of rotatable bonds is 3. The third kappa shape index (κ3) is 2.67. The van der Waals surface area contributed by atoms with Crippen molar-refractivity contribution in [3.05, 3.63) is 23.5 Å². The SMILES string of the molecule is CC(C)NS(=O)(=O)c1cccnc1Cl. The van der Waals surface area contributed by atoms with E-state index in [1.165, 1.54) is 18.3 Å². The number of sulfonamides is 1. The molecule has 1 rings (SSSR count). The van der Waals surface area contributed by atoms with Crippen molar-refractivity contribution in [3.63, 3.8) is 0 Å². The van der Waals surface area contributed by atoms with Gasteiger partial charge in [-0.15, -0.1) is 0 Å². The van der Waals surface area contributed by atoms with Gasteiger partial charge in [-0.25, -0.2) is 18.1 Å². The Bertz CT molecular complexity index is 417. The summed E-state index contributed by atoms with van der Waals surface area (Å²) in [5, 5.41) is -0.0133. The Hall–Kier alpha value is -0.650. The summed E-state index contributed by atoms with van der Waals surface area (Å²) in [6.07, 6.45) is 1.44. The van der Waals surface area contributed by atoms with E-state index >= 15 is 0 Å². The van der Waals surface area contributed by atoms with Crippen LogP contribution in [0.3, 0.4) is 0 Å². The molecule has 1 aromatic rings. The van der Waals surface area contributed by atoms with Crippen LogP contribution in [-0.4, -0.2) is 19.4 Å². The molecule has 0 spiro atoms. The van der Waals surface area contributed by atoms with Gasteiger partial charge in [-0.1, -0.05) is 11.6 Å². The van der Waals surface area contributed by atoms with Gasteiger partial charge in [0.2, 0.25) is 10.0 Å². The molecule has 1 heterocycles. The summed E-state index contributed by atoms with van der Waals surface area (Å²) < 4.78 is 25.7. The molecule has 0 aliphatic rings. The van der Waals surface area contributed by atoms with Crippen molar-refractivity contribution in [1.82, 2.24) is 9.71 Å². The average molecular weight is 235 g/mol. The molecule has 0 saturated heterocycles. The summed E-state index contributed by atoms with van der Waals surface area (Å²) in [5.41, 5.74) is 0. The number of halogens is 1. The topological polar surface area (TPSA) is 59.1 Å². The summed E-state index contributed by atoms with van der Waals surface area (Å²) in [4.78, 5) is 3.71. The number of hydrogen-bond acceptors (Lipinski definition) is 3.